The fraction of sp³-hybridized carbons (Fsp3) is 0.143. The number of Topliss-reactive ketones (excluding diaryl/α,β-unsaturated/α-hetero) is 1. The van der Waals surface area contributed by atoms with E-state index in [2.05, 4.69) is 35.5 Å². The average Bonchev–Trinajstić information content (AvgIpc) is 3.66. The van der Waals surface area contributed by atoms with Crippen LogP contribution in [-0.4, -0.2) is 41.8 Å². The van der Waals surface area contributed by atoms with E-state index in [1.807, 2.05) is 50.2 Å². The second-order valence-electron chi connectivity index (χ2n) is 9.32. The molecule has 0 radical (unpaired) electrons. The van der Waals surface area contributed by atoms with Gasteiger partial charge in [0.2, 0.25) is 5.91 Å². The number of hydrogen-bond acceptors (Lipinski definition) is 7. The number of anilines is 1. The lowest BCUT2D eigenvalue weighted by Gasteiger charge is -2.09. The molecule has 6 aromatic rings. The normalized spacial score (nSPS) is 11.5. The highest BCUT2D eigenvalue weighted by Gasteiger charge is 2.17. The number of aromatic nitrogens is 6. The predicted octanol–water partition coefficient (Wildman–Crippen LogP) is 6.09. The van der Waals surface area contributed by atoms with Gasteiger partial charge in [0.15, 0.2) is 11.4 Å². The highest BCUT2D eigenvalue weighted by Crippen LogP contribution is 2.36. The van der Waals surface area contributed by atoms with Crippen LogP contribution in [0.4, 0.5) is 5.69 Å². The molecule has 6 heterocycles. The van der Waals surface area contributed by atoms with Crippen LogP contribution >= 0.6 is 11.3 Å². The van der Waals surface area contributed by atoms with E-state index in [1.165, 1.54) is 11.3 Å². The van der Waals surface area contributed by atoms with E-state index in [0.717, 1.165) is 54.3 Å². The minimum atomic E-state index is -0.132. The van der Waals surface area contributed by atoms with Crippen molar-refractivity contribution in [1.29, 1.82) is 0 Å². The Morgan fingerprint density at radius 3 is 2.61 bits per heavy atom. The summed E-state index contributed by atoms with van der Waals surface area (Å²) in [6, 6.07) is 11.7. The van der Waals surface area contributed by atoms with Gasteiger partial charge >= 0.3 is 0 Å². The molecule has 10 heteroatoms. The third kappa shape index (κ3) is 4.24. The lowest BCUT2D eigenvalue weighted by atomic mass is 10.1. The Balaban J connectivity index is 1.40. The fourth-order valence-corrected chi connectivity index (χ4v) is 5.20. The number of pyridine rings is 3. The van der Waals surface area contributed by atoms with Crippen LogP contribution in [-0.2, 0) is 4.79 Å². The molecule has 9 nitrogen and oxygen atoms in total. The fourth-order valence-electron chi connectivity index (χ4n) is 4.26. The molecule has 0 unspecified atom stereocenters. The number of nitrogens with zero attached hydrogens (tertiary/aromatic N) is 4. The molecular formula is C28H23N7O2S. The number of H-pyrrole nitrogens is 2. The lowest BCUT2D eigenvalue weighted by Crippen LogP contribution is -2.17. The van der Waals surface area contributed by atoms with E-state index in [-0.39, 0.29) is 17.6 Å². The van der Waals surface area contributed by atoms with Gasteiger partial charge < -0.3 is 10.3 Å². The third-order valence-electron chi connectivity index (χ3n) is 6.29. The van der Waals surface area contributed by atoms with Gasteiger partial charge in [0, 0.05) is 56.8 Å². The Morgan fingerprint density at radius 2 is 1.82 bits per heavy atom. The zero-order chi connectivity index (χ0) is 26.4. The Hall–Kier alpha value is -4.70. The van der Waals surface area contributed by atoms with E-state index in [1.54, 1.807) is 31.7 Å². The Morgan fingerprint density at radius 1 is 0.974 bits per heavy atom. The van der Waals surface area contributed by atoms with Gasteiger partial charge in [0.05, 0.1) is 28.1 Å². The summed E-state index contributed by atoms with van der Waals surface area (Å²) in [5, 5.41) is 12.2. The average molecular weight is 522 g/mol. The molecule has 0 aliphatic carbocycles. The minimum Gasteiger partial charge on any atom is -0.338 e. The van der Waals surface area contributed by atoms with Gasteiger partial charge in [-0.25, -0.2) is 9.97 Å². The largest absolute Gasteiger partial charge is 0.338 e. The minimum absolute atomic E-state index is 0.0524. The highest BCUT2D eigenvalue weighted by molar-refractivity contribution is 7.17. The van der Waals surface area contributed by atoms with Crippen molar-refractivity contribution in [2.45, 2.75) is 20.8 Å². The van der Waals surface area contributed by atoms with Crippen LogP contribution in [0.2, 0.25) is 0 Å². The number of ketones is 1. The van der Waals surface area contributed by atoms with Crippen molar-refractivity contribution >= 4 is 50.8 Å². The first kappa shape index (κ1) is 23.7. The molecule has 0 spiro atoms. The van der Waals surface area contributed by atoms with Gasteiger partial charge in [-0.3, -0.25) is 19.7 Å². The van der Waals surface area contributed by atoms with Crippen LogP contribution in [0.1, 0.15) is 30.4 Å². The number of thiophene rings is 1. The molecule has 0 fully saturated rings. The van der Waals surface area contributed by atoms with Crippen LogP contribution < -0.4 is 5.32 Å². The van der Waals surface area contributed by atoms with Gasteiger partial charge in [0.25, 0.3) is 0 Å². The maximum Gasteiger partial charge on any atom is 0.226 e. The first-order valence-corrected chi connectivity index (χ1v) is 12.9. The van der Waals surface area contributed by atoms with E-state index in [9.17, 15) is 9.59 Å². The molecule has 188 valence electrons. The summed E-state index contributed by atoms with van der Waals surface area (Å²) in [7, 11) is 0. The lowest BCUT2D eigenvalue weighted by molar-refractivity contribution is -0.118. The van der Waals surface area contributed by atoms with E-state index in [0.29, 0.717) is 11.3 Å². The smallest absolute Gasteiger partial charge is 0.226 e. The SMILES string of the molecule is CC(=O)c1ccc(-c2ccnc3[nH]c(-c4[nH]nc5ncc(-c6cncc(NC(=O)C(C)C)c6)cc45)cc23)s1. The number of aromatic amines is 2. The summed E-state index contributed by atoms with van der Waals surface area (Å²) in [5.74, 6) is -0.148. The van der Waals surface area contributed by atoms with Crippen LogP contribution in [0.3, 0.4) is 0 Å². The molecule has 0 aliphatic heterocycles. The first-order valence-electron chi connectivity index (χ1n) is 12.1. The van der Waals surface area contributed by atoms with Crippen molar-refractivity contribution in [2.75, 3.05) is 5.32 Å². The Labute approximate surface area is 221 Å². The first-order chi connectivity index (χ1) is 18.4. The number of rotatable bonds is 6. The van der Waals surface area contributed by atoms with Crippen molar-refractivity contribution in [3.63, 3.8) is 0 Å². The zero-order valence-corrected chi connectivity index (χ0v) is 21.7. The maximum absolute atomic E-state index is 12.1. The second kappa shape index (κ2) is 9.31. The predicted molar refractivity (Wildman–Crippen MR) is 149 cm³/mol. The Kier molecular flexibility index (Phi) is 5.80. The molecule has 0 saturated carbocycles. The number of amides is 1. The monoisotopic (exact) mass is 521 g/mol. The summed E-state index contributed by atoms with van der Waals surface area (Å²) in [5.41, 5.74) is 6.23. The molecule has 1 amide bonds. The number of carbonyl (C=O) groups is 2. The van der Waals surface area contributed by atoms with E-state index in [4.69, 9.17) is 0 Å². The topological polar surface area (TPSA) is 129 Å². The summed E-state index contributed by atoms with van der Waals surface area (Å²) >= 11 is 1.47. The van der Waals surface area contributed by atoms with Crippen LogP contribution in [0.25, 0.3) is 55.0 Å². The van der Waals surface area contributed by atoms with Gasteiger partial charge in [-0.1, -0.05) is 13.8 Å². The second-order valence-corrected chi connectivity index (χ2v) is 10.4. The van der Waals surface area contributed by atoms with Crippen molar-refractivity contribution in [3.05, 3.63) is 66.1 Å². The molecule has 0 saturated heterocycles. The quantitative estimate of drug-likeness (QED) is 0.228. The standard InChI is InChI=1S/C28H23N7O2S/c1-14(2)28(37)32-18-8-16(11-29-13-18)17-9-21-25(34-35-27(21)31-12-17)22-10-20-19(6-7-30-26(20)33-22)24-5-4-23(38-24)15(3)36/h4-14H,1-3H3,(H,30,33)(H,32,37)(H,31,34,35). The van der Waals surface area contributed by atoms with Gasteiger partial charge in [-0.2, -0.15) is 5.10 Å². The van der Waals surface area contributed by atoms with E-state index >= 15 is 0 Å². The molecule has 38 heavy (non-hydrogen) atoms. The highest BCUT2D eigenvalue weighted by atomic mass is 32.1. The van der Waals surface area contributed by atoms with E-state index < -0.39 is 0 Å². The molecule has 0 aliphatic rings. The summed E-state index contributed by atoms with van der Waals surface area (Å²) < 4.78 is 0. The van der Waals surface area contributed by atoms with Crippen LogP contribution in [0.5, 0.6) is 0 Å². The Bertz CT molecular complexity index is 1850. The molecule has 0 aromatic carbocycles. The van der Waals surface area contributed by atoms with Crippen molar-refractivity contribution < 1.29 is 9.59 Å². The van der Waals surface area contributed by atoms with Gasteiger partial charge in [-0.05, 0) is 43.3 Å². The third-order valence-corrected chi connectivity index (χ3v) is 7.51. The van der Waals surface area contributed by atoms with Gasteiger partial charge in [-0.15, -0.1) is 11.3 Å². The molecule has 0 bridgehead atoms. The van der Waals surface area contributed by atoms with Gasteiger partial charge in [0.1, 0.15) is 5.65 Å². The number of carbonyl (C=O) groups excluding carboxylic acids is 2. The molecule has 6 rings (SSSR count). The van der Waals surface area contributed by atoms with Crippen molar-refractivity contribution in [2.24, 2.45) is 5.92 Å². The van der Waals surface area contributed by atoms with Crippen LogP contribution in [0.15, 0.2) is 61.2 Å². The number of fused-ring (bicyclic) bond motifs is 2. The van der Waals surface area contributed by atoms with Crippen LogP contribution in [0, 0.1) is 5.92 Å². The number of nitrogens with one attached hydrogen (secondary N) is 3. The molecule has 6 aromatic heterocycles. The summed E-state index contributed by atoms with van der Waals surface area (Å²) in [6.45, 7) is 5.26. The molecule has 0 atom stereocenters. The maximum atomic E-state index is 12.1. The molecule has 3 N–H and O–H groups in total. The zero-order valence-electron chi connectivity index (χ0n) is 20.9. The molecular weight excluding hydrogens is 498 g/mol. The summed E-state index contributed by atoms with van der Waals surface area (Å²) in [4.78, 5) is 42.4. The number of hydrogen-bond donors (Lipinski definition) is 3. The van der Waals surface area contributed by atoms with Crippen molar-refractivity contribution in [1.82, 2.24) is 30.1 Å². The van der Waals surface area contributed by atoms with Crippen molar-refractivity contribution in [3.8, 4) is 33.0 Å². The summed E-state index contributed by atoms with van der Waals surface area (Å²) in [6.07, 6.45) is 6.87.